The molecule has 0 bridgehead atoms. The molecule has 0 saturated carbocycles. The van der Waals surface area contributed by atoms with Gasteiger partial charge in [-0.15, -0.1) is 0 Å². The Morgan fingerprint density at radius 2 is 1.65 bits per heavy atom. The number of benzene rings is 3. The smallest absolute Gasteiger partial charge is 0.258 e. The third-order valence-corrected chi connectivity index (χ3v) is 4.81. The zero-order valence-electron chi connectivity index (χ0n) is 18.1. The molecule has 0 spiro atoms. The fourth-order valence-electron chi connectivity index (χ4n) is 3.33. The second-order valence-corrected chi connectivity index (χ2v) is 7.96. The van der Waals surface area contributed by atoms with Crippen molar-refractivity contribution >= 4 is 17.5 Å². The van der Waals surface area contributed by atoms with Crippen molar-refractivity contribution in [2.45, 2.75) is 39.8 Å². The largest absolute Gasteiger partial charge is 0.354 e. The lowest BCUT2D eigenvalue weighted by molar-refractivity contribution is -0.120. The molecule has 31 heavy (non-hydrogen) atoms. The highest BCUT2D eigenvalue weighted by molar-refractivity contribution is 6.06. The first-order valence-electron chi connectivity index (χ1n) is 10.3. The molecule has 0 atom stereocenters. The molecule has 0 unspecified atom stereocenters. The second-order valence-electron chi connectivity index (χ2n) is 7.96. The SMILES string of the molecule is Cc1ccc(CN(C(=O)c2cccc(F)c2)c2cccc(CC(=O)NC(C)C)c2)cc1. The number of nitrogens with one attached hydrogen (secondary N) is 1. The monoisotopic (exact) mass is 418 g/mol. The van der Waals surface area contributed by atoms with E-state index in [0.29, 0.717) is 12.2 Å². The summed E-state index contributed by atoms with van der Waals surface area (Å²) in [4.78, 5) is 27.1. The van der Waals surface area contributed by atoms with Gasteiger partial charge in [0.15, 0.2) is 0 Å². The van der Waals surface area contributed by atoms with Crippen LogP contribution >= 0.6 is 0 Å². The van der Waals surface area contributed by atoms with Gasteiger partial charge in [0.05, 0.1) is 13.0 Å². The van der Waals surface area contributed by atoms with Crippen LogP contribution in [0.2, 0.25) is 0 Å². The summed E-state index contributed by atoms with van der Waals surface area (Å²) in [5, 5.41) is 2.88. The molecule has 0 aliphatic rings. The van der Waals surface area contributed by atoms with Gasteiger partial charge in [-0.25, -0.2) is 4.39 Å². The van der Waals surface area contributed by atoms with Crippen LogP contribution in [0.15, 0.2) is 72.8 Å². The molecule has 0 fully saturated rings. The van der Waals surface area contributed by atoms with Crippen LogP contribution in [0.3, 0.4) is 0 Å². The first-order valence-corrected chi connectivity index (χ1v) is 10.3. The zero-order chi connectivity index (χ0) is 22.4. The van der Waals surface area contributed by atoms with Crippen molar-refractivity contribution < 1.29 is 14.0 Å². The van der Waals surface area contributed by atoms with Gasteiger partial charge in [-0.1, -0.05) is 48.0 Å². The number of hydrogen-bond acceptors (Lipinski definition) is 2. The van der Waals surface area contributed by atoms with Gasteiger partial charge in [0.25, 0.3) is 5.91 Å². The fourth-order valence-corrected chi connectivity index (χ4v) is 3.33. The van der Waals surface area contributed by atoms with Crippen LogP contribution in [0.25, 0.3) is 0 Å². The summed E-state index contributed by atoms with van der Waals surface area (Å²) in [5.41, 5.74) is 3.82. The number of nitrogens with zero attached hydrogens (tertiary/aromatic N) is 1. The lowest BCUT2D eigenvalue weighted by Gasteiger charge is -2.24. The molecule has 4 nitrogen and oxygen atoms in total. The van der Waals surface area contributed by atoms with Gasteiger partial charge < -0.3 is 10.2 Å². The molecule has 3 aromatic rings. The van der Waals surface area contributed by atoms with Crippen molar-refractivity contribution in [1.82, 2.24) is 5.32 Å². The minimum atomic E-state index is -0.458. The first kappa shape index (κ1) is 22.2. The lowest BCUT2D eigenvalue weighted by atomic mass is 10.1. The molecule has 0 radical (unpaired) electrons. The van der Waals surface area contributed by atoms with E-state index in [-0.39, 0.29) is 29.8 Å². The number of hydrogen-bond donors (Lipinski definition) is 1. The Balaban J connectivity index is 1.93. The number of amides is 2. The van der Waals surface area contributed by atoms with E-state index in [0.717, 1.165) is 16.7 Å². The third-order valence-electron chi connectivity index (χ3n) is 4.81. The zero-order valence-corrected chi connectivity index (χ0v) is 18.1. The number of anilines is 1. The number of carbonyl (C=O) groups is 2. The average molecular weight is 419 g/mol. The van der Waals surface area contributed by atoms with Gasteiger partial charge in [-0.05, 0) is 62.2 Å². The van der Waals surface area contributed by atoms with E-state index in [4.69, 9.17) is 0 Å². The van der Waals surface area contributed by atoms with Gasteiger partial charge in [-0.2, -0.15) is 0 Å². The summed E-state index contributed by atoms with van der Waals surface area (Å²) in [5.74, 6) is -0.835. The summed E-state index contributed by atoms with van der Waals surface area (Å²) in [6.45, 7) is 6.16. The maximum atomic E-state index is 13.8. The summed E-state index contributed by atoms with van der Waals surface area (Å²) < 4.78 is 13.8. The Morgan fingerprint density at radius 3 is 2.32 bits per heavy atom. The Hall–Kier alpha value is -3.47. The second kappa shape index (κ2) is 10.0. The van der Waals surface area contributed by atoms with Crippen LogP contribution in [0, 0.1) is 12.7 Å². The topological polar surface area (TPSA) is 49.4 Å². The van der Waals surface area contributed by atoms with Crippen molar-refractivity contribution in [2.75, 3.05) is 4.90 Å². The Bertz CT molecular complexity index is 1060. The summed E-state index contributed by atoms with van der Waals surface area (Å²) in [7, 11) is 0. The van der Waals surface area contributed by atoms with Crippen molar-refractivity contribution in [3.8, 4) is 0 Å². The van der Waals surface area contributed by atoms with Crippen molar-refractivity contribution in [3.63, 3.8) is 0 Å². The maximum Gasteiger partial charge on any atom is 0.258 e. The minimum Gasteiger partial charge on any atom is -0.354 e. The number of aryl methyl sites for hydroxylation is 1. The lowest BCUT2D eigenvalue weighted by Crippen LogP contribution is -2.32. The summed E-state index contributed by atoms with van der Waals surface area (Å²) in [6, 6.07) is 21.0. The van der Waals surface area contributed by atoms with Crippen LogP contribution in [0.5, 0.6) is 0 Å². The highest BCUT2D eigenvalue weighted by atomic mass is 19.1. The summed E-state index contributed by atoms with van der Waals surface area (Å²) in [6.07, 6.45) is 0.221. The molecule has 0 aliphatic heterocycles. The molecule has 160 valence electrons. The predicted octanol–water partition coefficient (Wildman–Crippen LogP) is 5.05. The molecule has 3 rings (SSSR count). The number of carbonyl (C=O) groups excluding carboxylic acids is 2. The maximum absolute atomic E-state index is 13.8. The van der Waals surface area contributed by atoms with E-state index in [2.05, 4.69) is 5.32 Å². The van der Waals surface area contributed by atoms with Crippen LogP contribution < -0.4 is 10.2 Å². The van der Waals surface area contributed by atoms with Crippen molar-refractivity contribution in [2.24, 2.45) is 0 Å². The predicted molar refractivity (Wildman–Crippen MR) is 122 cm³/mol. The molecule has 0 aromatic heterocycles. The van der Waals surface area contributed by atoms with Crippen molar-refractivity contribution in [3.05, 3.63) is 101 Å². The van der Waals surface area contributed by atoms with Gasteiger partial charge in [0.2, 0.25) is 5.91 Å². The molecule has 1 N–H and O–H groups in total. The molecule has 3 aromatic carbocycles. The molecular formula is C26H27FN2O2. The highest BCUT2D eigenvalue weighted by Crippen LogP contribution is 2.23. The molecule has 0 saturated heterocycles. The standard InChI is InChI=1S/C26H27FN2O2/c1-18(2)28-25(30)15-21-6-4-9-24(14-21)29(17-20-12-10-19(3)11-13-20)26(31)22-7-5-8-23(27)16-22/h4-14,16,18H,15,17H2,1-3H3,(H,28,30). The highest BCUT2D eigenvalue weighted by Gasteiger charge is 2.19. The fraction of sp³-hybridized carbons (Fsp3) is 0.231. The number of rotatable bonds is 7. The normalized spacial score (nSPS) is 10.7. The molecule has 5 heteroatoms. The third kappa shape index (κ3) is 6.25. The van der Waals surface area contributed by atoms with Gasteiger partial charge in [0, 0.05) is 17.3 Å². The first-order chi connectivity index (χ1) is 14.8. The van der Waals surface area contributed by atoms with Crippen LogP contribution in [-0.4, -0.2) is 17.9 Å². The number of halogens is 1. The van der Waals surface area contributed by atoms with Crippen LogP contribution in [0.4, 0.5) is 10.1 Å². The van der Waals surface area contributed by atoms with E-state index in [9.17, 15) is 14.0 Å². The molecule has 2 amide bonds. The molecule has 0 aliphatic carbocycles. The van der Waals surface area contributed by atoms with Crippen LogP contribution in [-0.2, 0) is 17.8 Å². The van der Waals surface area contributed by atoms with Gasteiger partial charge >= 0.3 is 0 Å². The van der Waals surface area contributed by atoms with E-state index in [1.165, 1.54) is 18.2 Å². The van der Waals surface area contributed by atoms with Gasteiger partial charge in [-0.3, -0.25) is 9.59 Å². The minimum absolute atomic E-state index is 0.0586. The van der Waals surface area contributed by atoms with Gasteiger partial charge in [0.1, 0.15) is 5.82 Å². The summed E-state index contributed by atoms with van der Waals surface area (Å²) >= 11 is 0. The Labute approximate surface area is 182 Å². The van der Waals surface area contributed by atoms with Crippen LogP contribution in [0.1, 0.15) is 40.9 Å². The van der Waals surface area contributed by atoms with E-state index in [1.807, 2.05) is 69.3 Å². The van der Waals surface area contributed by atoms with E-state index >= 15 is 0 Å². The van der Waals surface area contributed by atoms with Crippen molar-refractivity contribution in [1.29, 1.82) is 0 Å². The van der Waals surface area contributed by atoms with E-state index < -0.39 is 5.82 Å². The Morgan fingerprint density at radius 1 is 0.935 bits per heavy atom. The van der Waals surface area contributed by atoms with E-state index in [1.54, 1.807) is 11.0 Å². The average Bonchev–Trinajstić information content (AvgIpc) is 2.72. The molecular weight excluding hydrogens is 391 g/mol. The Kier molecular flexibility index (Phi) is 7.19. The quantitative estimate of drug-likeness (QED) is 0.584. The molecule has 0 heterocycles.